The second-order valence-electron chi connectivity index (χ2n) is 6.49. The van der Waals surface area contributed by atoms with Crippen LogP contribution < -0.4 is 15.5 Å². The number of ether oxygens (including phenoxy) is 2. The highest BCUT2D eigenvalue weighted by Crippen LogP contribution is 2.30. The Balaban J connectivity index is 1.76. The first-order chi connectivity index (χ1) is 12.7. The fourth-order valence-electron chi connectivity index (χ4n) is 3.34. The maximum Gasteiger partial charge on any atom is 0.220 e. The van der Waals surface area contributed by atoms with Gasteiger partial charge < -0.3 is 25.0 Å². The number of pyridine rings is 1. The minimum absolute atomic E-state index is 0.281. The lowest BCUT2D eigenvalue weighted by Gasteiger charge is -2.32. The summed E-state index contributed by atoms with van der Waals surface area (Å²) in [4.78, 5) is 18.0. The van der Waals surface area contributed by atoms with Gasteiger partial charge in [-0.05, 0) is 13.0 Å². The van der Waals surface area contributed by atoms with Crippen molar-refractivity contribution in [2.45, 2.75) is 6.92 Å². The zero-order valence-electron chi connectivity index (χ0n) is 15.0. The van der Waals surface area contributed by atoms with Gasteiger partial charge in [0, 0.05) is 49.7 Å². The van der Waals surface area contributed by atoms with Gasteiger partial charge in [0.25, 0.3) is 0 Å². The zero-order valence-corrected chi connectivity index (χ0v) is 15.0. The van der Waals surface area contributed by atoms with Crippen LogP contribution in [0.1, 0.15) is 5.69 Å². The Bertz CT molecular complexity index is 736. The topological polar surface area (TPSA) is 89.6 Å². The van der Waals surface area contributed by atoms with Crippen LogP contribution in [-0.2, 0) is 9.47 Å². The van der Waals surface area contributed by atoms with Crippen molar-refractivity contribution in [2.75, 3.05) is 68.1 Å². The normalized spacial score (nSPS) is 18.2. The van der Waals surface area contributed by atoms with Crippen molar-refractivity contribution < 1.29 is 9.47 Å². The van der Waals surface area contributed by atoms with Crippen molar-refractivity contribution in [1.82, 2.24) is 15.0 Å². The molecule has 2 aromatic rings. The summed E-state index contributed by atoms with van der Waals surface area (Å²) in [6, 6.07) is 4.27. The quantitative estimate of drug-likeness (QED) is 0.875. The maximum atomic E-state index is 5.71. The van der Waals surface area contributed by atoms with E-state index in [1.165, 1.54) is 0 Å². The number of nitrogens with two attached hydrogens (primary N) is 1. The van der Waals surface area contributed by atoms with E-state index in [1.54, 1.807) is 6.20 Å². The van der Waals surface area contributed by atoms with Gasteiger partial charge in [-0.1, -0.05) is 0 Å². The van der Waals surface area contributed by atoms with E-state index in [9.17, 15) is 0 Å². The molecule has 2 aromatic heterocycles. The number of aromatic nitrogens is 3. The molecule has 0 saturated carbocycles. The van der Waals surface area contributed by atoms with E-state index >= 15 is 0 Å². The Kier molecular flexibility index (Phi) is 4.85. The van der Waals surface area contributed by atoms with Gasteiger partial charge in [0.1, 0.15) is 5.82 Å². The highest BCUT2D eigenvalue weighted by atomic mass is 16.5. The first-order valence-corrected chi connectivity index (χ1v) is 8.98. The van der Waals surface area contributed by atoms with Gasteiger partial charge in [-0.25, -0.2) is 15.0 Å². The second kappa shape index (κ2) is 7.43. The van der Waals surface area contributed by atoms with Crippen molar-refractivity contribution in [2.24, 2.45) is 0 Å². The lowest BCUT2D eigenvalue weighted by molar-refractivity contribution is 0.122. The molecule has 0 spiro atoms. The van der Waals surface area contributed by atoms with Gasteiger partial charge in [0.15, 0.2) is 0 Å². The van der Waals surface area contributed by atoms with Crippen LogP contribution in [-0.4, -0.2) is 67.6 Å². The summed E-state index contributed by atoms with van der Waals surface area (Å²) in [6.07, 6.45) is 1.76. The lowest BCUT2D eigenvalue weighted by Crippen LogP contribution is -2.38. The Labute approximate surface area is 153 Å². The van der Waals surface area contributed by atoms with Crippen LogP contribution in [0.2, 0.25) is 0 Å². The lowest BCUT2D eigenvalue weighted by atomic mass is 10.1. The third-order valence-electron chi connectivity index (χ3n) is 4.78. The smallest absolute Gasteiger partial charge is 0.220 e. The van der Waals surface area contributed by atoms with Crippen molar-refractivity contribution in [3.05, 3.63) is 24.0 Å². The molecule has 26 heavy (non-hydrogen) atoms. The van der Waals surface area contributed by atoms with Crippen molar-refractivity contribution in [1.29, 1.82) is 0 Å². The minimum Gasteiger partial charge on any atom is -0.378 e. The van der Waals surface area contributed by atoms with Gasteiger partial charge in [-0.3, -0.25) is 0 Å². The summed E-state index contributed by atoms with van der Waals surface area (Å²) in [5.41, 5.74) is 9.47. The Morgan fingerprint density at radius 2 is 1.58 bits per heavy atom. The molecule has 0 aromatic carbocycles. The number of hydrogen-bond acceptors (Lipinski definition) is 8. The van der Waals surface area contributed by atoms with Crippen molar-refractivity contribution in [3.63, 3.8) is 0 Å². The SMILES string of the molecule is Cc1nc(N)ncc1-c1cc(N2CCOCC2)cc(N2CCOCC2)n1. The molecule has 2 aliphatic heterocycles. The number of rotatable bonds is 3. The van der Waals surface area contributed by atoms with Crippen molar-refractivity contribution in [3.8, 4) is 11.3 Å². The molecule has 4 heterocycles. The predicted octanol–water partition coefficient (Wildman–Crippen LogP) is 1.10. The molecule has 0 amide bonds. The third kappa shape index (κ3) is 3.56. The third-order valence-corrected chi connectivity index (χ3v) is 4.78. The Morgan fingerprint density at radius 1 is 0.923 bits per heavy atom. The number of hydrogen-bond donors (Lipinski definition) is 1. The van der Waals surface area contributed by atoms with Crippen LogP contribution in [0.3, 0.4) is 0 Å². The maximum absolute atomic E-state index is 5.71. The number of anilines is 3. The van der Waals surface area contributed by atoms with Gasteiger partial charge in [-0.2, -0.15) is 0 Å². The molecule has 0 bridgehead atoms. The first-order valence-electron chi connectivity index (χ1n) is 8.98. The van der Waals surface area contributed by atoms with Gasteiger partial charge in [-0.15, -0.1) is 0 Å². The summed E-state index contributed by atoms with van der Waals surface area (Å²) in [5, 5.41) is 0. The molecule has 8 nitrogen and oxygen atoms in total. The van der Waals surface area contributed by atoms with Crippen LogP contribution in [0.25, 0.3) is 11.3 Å². The van der Waals surface area contributed by atoms with E-state index < -0.39 is 0 Å². The molecule has 138 valence electrons. The van der Waals surface area contributed by atoms with E-state index in [4.69, 9.17) is 20.2 Å². The highest BCUT2D eigenvalue weighted by molar-refractivity contribution is 5.70. The number of nitrogens with zero attached hydrogens (tertiary/aromatic N) is 5. The van der Waals surface area contributed by atoms with Crippen LogP contribution >= 0.6 is 0 Å². The molecular weight excluding hydrogens is 332 g/mol. The Hall–Kier alpha value is -2.45. The second-order valence-corrected chi connectivity index (χ2v) is 6.49. The number of nitrogen functional groups attached to an aromatic ring is 1. The van der Waals surface area contributed by atoms with E-state index in [1.807, 2.05) is 6.92 Å². The summed E-state index contributed by atoms with van der Waals surface area (Å²) in [7, 11) is 0. The van der Waals surface area contributed by atoms with E-state index in [2.05, 4.69) is 31.9 Å². The van der Waals surface area contributed by atoms with E-state index in [0.29, 0.717) is 0 Å². The van der Waals surface area contributed by atoms with Crippen LogP contribution in [0, 0.1) is 6.92 Å². The van der Waals surface area contributed by atoms with Crippen LogP contribution in [0.4, 0.5) is 17.5 Å². The molecule has 0 unspecified atom stereocenters. The Morgan fingerprint density at radius 3 is 2.23 bits per heavy atom. The molecule has 2 aliphatic rings. The van der Waals surface area contributed by atoms with Gasteiger partial charge in [0.2, 0.25) is 5.95 Å². The standard InChI is InChI=1S/C18H24N6O2/c1-13-15(12-20-18(19)21-13)16-10-14(23-2-6-25-7-3-23)11-17(22-16)24-4-8-26-9-5-24/h10-12H,2-9H2,1H3,(H2,19,20,21). The number of aryl methyl sites for hydroxylation is 1. The molecular formula is C18H24N6O2. The van der Waals surface area contributed by atoms with Crippen molar-refractivity contribution >= 4 is 17.5 Å². The highest BCUT2D eigenvalue weighted by Gasteiger charge is 2.19. The fourth-order valence-corrected chi connectivity index (χ4v) is 3.34. The molecule has 4 rings (SSSR count). The summed E-state index contributed by atoms with van der Waals surface area (Å²) < 4.78 is 11.0. The zero-order chi connectivity index (χ0) is 17.9. The largest absolute Gasteiger partial charge is 0.378 e. The summed E-state index contributed by atoms with van der Waals surface area (Å²) >= 11 is 0. The molecule has 2 saturated heterocycles. The fraction of sp³-hybridized carbons (Fsp3) is 0.500. The predicted molar refractivity (Wildman–Crippen MR) is 100 cm³/mol. The van der Waals surface area contributed by atoms with Gasteiger partial charge in [0.05, 0.1) is 37.8 Å². The van der Waals surface area contributed by atoms with E-state index in [-0.39, 0.29) is 5.95 Å². The molecule has 0 radical (unpaired) electrons. The average Bonchev–Trinajstić information content (AvgIpc) is 2.69. The molecule has 0 atom stereocenters. The number of morpholine rings is 2. The molecule has 2 fully saturated rings. The minimum atomic E-state index is 0.281. The summed E-state index contributed by atoms with van der Waals surface area (Å²) in [5.74, 6) is 1.24. The molecule has 2 N–H and O–H groups in total. The molecule has 0 aliphatic carbocycles. The van der Waals surface area contributed by atoms with E-state index in [0.717, 1.165) is 81.1 Å². The summed E-state index contributed by atoms with van der Waals surface area (Å²) in [6.45, 7) is 8.32. The van der Waals surface area contributed by atoms with Gasteiger partial charge >= 0.3 is 0 Å². The monoisotopic (exact) mass is 356 g/mol. The molecule has 8 heteroatoms. The van der Waals surface area contributed by atoms with Crippen LogP contribution in [0.15, 0.2) is 18.3 Å². The first kappa shape index (κ1) is 17.0. The van der Waals surface area contributed by atoms with Crippen LogP contribution in [0.5, 0.6) is 0 Å². The average molecular weight is 356 g/mol.